The molecular weight excluding hydrogens is 422 g/mol. The zero-order chi connectivity index (χ0) is 22.5. The minimum Gasteiger partial charge on any atom is -0.365 e. The molecule has 0 radical (unpaired) electrons. The van der Waals surface area contributed by atoms with Gasteiger partial charge in [-0.3, -0.25) is 4.79 Å². The molecule has 170 valence electrons. The molecule has 0 aromatic heterocycles. The van der Waals surface area contributed by atoms with Crippen molar-refractivity contribution in [2.24, 2.45) is 5.92 Å². The summed E-state index contributed by atoms with van der Waals surface area (Å²) in [6.07, 6.45) is 3.41. The summed E-state index contributed by atoms with van der Waals surface area (Å²) in [5.41, 5.74) is 3.98. The van der Waals surface area contributed by atoms with Gasteiger partial charge in [0.05, 0.1) is 16.3 Å². The third kappa shape index (κ3) is 3.61. The first-order valence-corrected chi connectivity index (χ1v) is 13.0. The number of carbonyl (C=O) groups is 1. The lowest BCUT2D eigenvalue weighted by atomic mass is 9.95. The van der Waals surface area contributed by atoms with Crippen molar-refractivity contribution < 1.29 is 13.2 Å². The molecule has 0 N–H and O–H groups in total. The van der Waals surface area contributed by atoms with Gasteiger partial charge in [0.25, 0.3) is 0 Å². The lowest BCUT2D eigenvalue weighted by Crippen LogP contribution is -2.51. The molecule has 0 aliphatic carbocycles. The first kappa shape index (κ1) is 21.5. The fourth-order valence-corrected chi connectivity index (χ4v) is 7.26. The summed E-state index contributed by atoms with van der Waals surface area (Å²) in [5, 5.41) is 0. The van der Waals surface area contributed by atoms with Crippen LogP contribution in [0.2, 0.25) is 0 Å². The molecule has 0 spiro atoms. The van der Waals surface area contributed by atoms with Crippen molar-refractivity contribution in [3.63, 3.8) is 0 Å². The van der Waals surface area contributed by atoms with Gasteiger partial charge in [-0.15, -0.1) is 0 Å². The van der Waals surface area contributed by atoms with Gasteiger partial charge in [-0.1, -0.05) is 29.8 Å². The van der Waals surface area contributed by atoms with Crippen LogP contribution in [0.15, 0.2) is 47.4 Å². The summed E-state index contributed by atoms with van der Waals surface area (Å²) >= 11 is 0. The van der Waals surface area contributed by atoms with Gasteiger partial charge in [0.2, 0.25) is 15.9 Å². The summed E-state index contributed by atoms with van der Waals surface area (Å²) in [7, 11) is -3.54. The molecule has 0 unspecified atom stereocenters. The molecule has 3 heterocycles. The number of para-hydroxylation sites is 2. The Hall–Kier alpha value is -2.38. The third-order valence-corrected chi connectivity index (χ3v) is 9.33. The van der Waals surface area contributed by atoms with E-state index in [9.17, 15) is 13.2 Å². The van der Waals surface area contributed by atoms with Crippen molar-refractivity contribution in [1.29, 1.82) is 0 Å². The Morgan fingerprint density at radius 3 is 2.38 bits per heavy atom. The van der Waals surface area contributed by atoms with Crippen molar-refractivity contribution in [3.8, 4) is 0 Å². The summed E-state index contributed by atoms with van der Waals surface area (Å²) in [6.45, 7) is 6.36. The number of fused-ring (bicyclic) bond motifs is 3. The maximum Gasteiger partial charge on any atom is 0.243 e. The minimum absolute atomic E-state index is 0.137. The van der Waals surface area contributed by atoms with E-state index in [4.69, 9.17) is 0 Å². The van der Waals surface area contributed by atoms with Gasteiger partial charge in [0.1, 0.15) is 0 Å². The van der Waals surface area contributed by atoms with Gasteiger partial charge >= 0.3 is 0 Å². The number of amides is 1. The molecule has 1 amide bonds. The normalized spacial score (nSPS) is 22.0. The molecule has 0 saturated carbocycles. The van der Waals surface area contributed by atoms with Crippen LogP contribution >= 0.6 is 0 Å². The van der Waals surface area contributed by atoms with Crippen LogP contribution in [0.5, 0.6) is 0 Å². The van der Waals surface area contributed by atoms with Crippen molar-refractivity contribution in [3.05, 3.63) is 53.6 Å². The standard InChI is InChI=1S/C25H31N3O3S/c1-18-9-10-24(19(2)16-18)32(30,31)26-14-11-20(12-15-26)25(29)28-17-21-6-5-13-27(21)22-7-3-4-8-23(22)28/h3-4,7-10,16,20-21H,5-6,11-15,17H2,1-2H3/t21-/m0/s1. The number of carbonyl (C=O) groups excluding carboxylic acids is 1. The number of anilines is 2. The molecule has 3 aliphatic heterocycles. The van der Waals surface area contributed by atoms with E-state index in [2.05, 4.69) is 11.0 Å². The number of benzene rings is 2. The van der Waals surface area contributed by atoms with Gasteiger partial charge in [-0.05, 0) is 63.3 Å². The summed E-state index contributed by atoms with van der Waals surface area (Å²) in [4.78, 5) is 18.4. The van der Waals surface area contributed by atoms with E-state index >= 15 is 0 Å². The highest BCUT2D eigenvalue weighted by Crippen LogP contribution is 2.40. The highest BCUT2D eigenvalue weighted by Gasteiger charge is 2.40. The fourth-order valence-electron chi connectivity index (χ4n) is 5.59. The first-order chi connectivity index (χ1) is 15.4. The average Bonchev–Trinajstić information content (AvgIpc) is 3.27. The van der Waals surface area contributed by atoms with Crippen molar-refractivity contribution in [2.75, 3.05) is 36.0 Å². The minimum atomic E-state index is -3.54. The molecule has 2 fully saturated rings. The zero-order valence-corrected chi connectivity index (χ0v) is 19.6. The van der Waals surface area contributed by atoms with Crippen LogP contribution in [0.1, 0.15) is 36.8 Å². The second-order valence-electron chi connectivity index (χ2n) is 9.37. The number of hydrogen-bond donors (Lipinski definition) is 0. The van der Waals surface area contributed by atoms with Crippen LogP contribution in [-0.2, 0) is 14.8 Å². The Morgan fingerprint density at radius 1 is 0.938 bits per heavy atom. The van der Waals surface area contributed by atoms with Crippen molar-refractivity contribution >= 4 is 27.3 Å². The van der Waals surface area contributed by atoms with E-state index in [1.165, 1.54) is 0 Å². The number of nitrogens with zero attached hydrogens (tertiary/aromatic N) is 3. The second kappa shape index (κ2) is 8.19. The smallest absolute Gasteiger partial charge is 0.243 e. The molecule has 1 atom stereocenters. The van der Waals surface area contributed by atoms with Crippen LogP contribution in [0, 0.1) is 19.8 Å². The van der Waals surface area contributed by atoms with Gasteiger partial charge < -0.3 is 9.80 Å². The van der Waals surface area contributed by atoms with E-state index in [-0.39, 0.29) is 11.8 Å². The number of sulfonamides is 1. The van der Waals surface area contributed by atoms with Crippen LogP contribution in [0.3, 0.4) is 0 Å². The monoisotopic (exact) mass is 453 g/mol. The quantitative estimate of drug-likeness (QED) is 0.711. The second-order valence-corrected chi connectivity index (χ2v) is 11.3. The first-order valence-electron chi connectivity index (χ1n) is 11.6. The fraction of sp³-hybridized carbons (Fsp3) is 0.480. The molecular formula is C25H31N3O3S. The molecule has 7 heteroatoms. The summed E-state index contributed by atoms with van der Waals surface area (Å²) < 4.78 is 28.0. The van der Waals surface area contributed by atoms with E-state index in [0.29, 0.717) is 36.9 Å². The summed E-state index contributed by atoms with van der Waals surface area (Å²) in [5.74, 6) is 0.00846. The number of piperidine rings is 1. The van der Waals surface area contributed by atoms with Crippen molar-refractivity contribution in [2.45, 2.75) is 50.5 Å². The van der Waals surface area contributed by atoms with Crippen LogP contribution in [0.4, 0.5) is 11.4 Å². The Labute approximate surface area is 190 Å². The highest BCUT2D eigenvalue weighted by molar-refractivity contribution is 7.89. The number of hydrogen-bond acceptors (Lipinski definition) is 4. The lowest BCUT2D eigenvalue weighted by molar-refractivity contribution is -0.123. The SMILES string of the molecule is Cc1ccc(S(=O)(=O)N2CCC(C(=O)N3C[C@@H]4CCCN4c4ccccc43)CC2)c(C)c1. The number of aryl methyl sites for hydroxylation is 2. The molecule has 2 aromatic rings. The van der Waals surface area contributed by atoms with Crippen LogP contribution in [-0.4, -0.2) is 50.9 Å². The van der Waals surface area contributed by atoms with Crippen LogP contribution < -0.4 is 9.80 Å². The zero-order valence-electron chi connectivity index (χ0n) is 18.8. The summed E-state index contributed by atoms with van der Waals surface area (Å²) in [6, 6.07) is 14.0. The Balaban J connectivity index is 1.31. The molecule has 6 nitrogen and oxygen atoms in total. The Morgan fingerprint density at radius 2 is 1.66 bits per heavy atom. The predicted octanol–water partition coefficient (Wildman–Crippen LogP) is 3.72. The molecule has 2 aromatic carbocycles. The third-order valence-electron chi connectivity index (χ3n) is 7.27. The van der Waals surface area contributed by atoms with E-state index in [0.717, 1.165) is 48.4 Å². The van der Waals surface area contributed by atoms with E-state index < -0.39 is 10.0 Å². The largest absolute Gasteiger partial charge is 0.365 e. The van der Waals surface area contributed by atoms with Crippen LogP contribution in [0.25, 0.3) is 0 Å². The molecule has 5 rings (SSSR count). The highest BCUT2D eigenvalue weighted by atomic mass is 32.2. The van der Waals surface area contributed by atoms with Gasteiger partial charge in [-0.25, -0.2) is 8.42 Å². The maximum absolute atomic E-state index is 13.6. The van der Waals surface area contributed by atoms with Gasteiger partial charge in [-0.2, -0.15) is 4.31 Å². The maximum atomic E-state index is 13.6. The van der Waals surface area contributed by atoms with Crippen molar-refractivity contribution in [1.82, 2.24) is 4.31 Å². The number of rotatable bonds is 3. The molecule has 32 heavy (non-hydrogen) atoms. The Kier molecular flexibility index (Phi) is 5.50. The van der Waals surface area contributed by atoms with Gasteiger partial charge in [0.15, 0.2) is 0 Å². The molecule has 0 bridgehead atoms. The van der Waals surface area contributed by atoms with Gasteiger partial charge in [0, 0.05) is 38.1 Å². The predicted molar refractivity (Wildman–Crippen MR) is 127 cm³/mol. The van der Waals surface area contributed by atoms with E-state index in [1.807, 2.05) is 49.1 Å². The molecule has 2 saturated heterocycles. The van der Waals surface area contributed by atoms with E-state index in [1.54, 1.807) is 10.4 Å². The average molecular weight is 454 g/mol. The molecule has 3 aliphatic rings. The topological polar surface area (TPSA) is 60.9 Å². The lowest BCUT2D eigenvalue weighted by Gasteiger charge is -2.42. The Bertz CT molecular complexity index is 1140.